The first-order chi connectivity index (χ1) is 9.19. The van der Waals surface area contributed by atoms with Crippen LogP contribution >= 0.6 is 11.8 Å². The summed E-state index contributed by atoms with van der Waals surface area (Å²) in [5.74, 6) is 0.588. The number of carboxylic acids is 1. The van der Waals surface area contributed by atoms with E-state index in [0.717, 1.165) is 22.0 Å². The number of nitrogens with zero attached hydrogens (tertiary/aromatic N) is 1. The zero-order valence-corrected chi connectivity index (χ0v) is 11.2. The van der Waals surface area contributed by atoms with Gasteiger partial charge in [0.15, 0.2) is 0 Å². The van der Waals surface area contributed by atoms with E-state index in [4.69, 9.17) is 9.84 Å². The van der Waals surface area contributed by atoms with E-state index in [0.29, 0.717) is 0 Å². The fourth-order valence-corrected chi connectivity index (χ4v) is 2.38. The van der Waals surface area contributed by atoms with Crippen molar-refractivity contribution < 1.29 is 14.6 Å². The number of carbonyl (C=O) groups is 1. The topological polar surface area (TPSA) is 59.4 Å². The maximum absolute atomic E-state index is 10.8. The summed E-state index contributed by atoms with van der Waals surface area (Å²) in [5.41, 5.74) is 1.22. The Hall–Kier alpha value is -2.01. The van der Waals surface area contributed by atoms with Crippen molar-refractivity contribution in [2.24, 2.45) is 0 Å². The van der Waals surface area contributed by atoms with Crippen LogP contribution in [0.4, 0.5) is 0 Å². The number of methoxy groups -OCH3 is 1. The minimum absolute atomic E-state index is 0.0692. The Morgan fingerprint density at radius 3 is 2.68 bits per heavy atom. The number of ether oxygens (including phenoxy) is 1. The second-order valence-corrected chi connectivity index (χ2v) is 4.87. The molecule has 0 unspecified atom stereocenters. The first kappa shape index (κ1) is 13.4. The van der Waals surface area contributed by atoms with Crippen molar-refractivity contribution in [3.05, 3.63) is 53.9 Å². The molecule has 4 nitrogen and oxygen atoms in total. The third-order valence-electron chi connectivity index (χ3n) is 2.52. The van der Waals surface area contributed by atoms with Crippen molar-refractivity contribution in [2.45, 2.75) is 10.6 Å². The first-order valence-corrected chi connectivity index (χ1v) is 6.62. The molecular formula is C14H13NO3S. The molecule has 1 heterocycles. The van der Waals surface area contributed by atoms with Crippen LogP contribution in [0.1, 0.15) is 16.1 Å². The average molecular weight is 275 g/mol. The molecule has 2 rings (SSSR count). The zero-order valence-electron chi connectivity index (χ0n) is 10.4. The number of hydrogen-bond donors (Lipinski definition) is 1. The van der Waals surface area contributed by atoms with Crippen molar-refractivity contribution in [3.63, 3.8) is 0 Å². The molecule has 98 valence electrons. The molecule has 0 saturated heterocycles. The van der Waals surface area contributed by atoms with Crippen molar-refractivity contribution >= 4 is 17.7 Å². The number of aromatic nitrogens is 1. The molecule has 0 fully saturated rings. The predicted molar refractivity (Wildman–Crippen MR) is 73.8 cm³/mol. The summed E-state index contributed by atoms with van der Waals surface area (Å²) in [6.45, 7) is 0. The van der Waals surface area contributed by atoms with Gasteiger partial charge >= 0.3 is 5.97 Å². The molecule has 19 heavy (non-hydrogen) atoms. The number of rotatable bonds is 5. The number of hydrogen-bond acceptors (Lipinski definition) is 4. The van der Waals surface area contributed by atoms with E-state index in [-0.39, 0.29) is 5.69 Å². The molecule has 0 aliphatic carbocycles. The van der Waals surface area contributed by atoms with Crippen LogP contribution in [0, 0.1) is 0 Å². The van der Waals surface area contributed by atoms with Gasteiger partial charge in [-0.05, 0) is 29.8 Å². The van der Waals surface area contributed by atoms with Gasteiger partial charge in [0, 0.05) is 16.8 Å². The lowest BCUT2D eigenvalue weighted by Gasteiger charge is -2.04. The van der Waals surface area contributed by atoms with Crippen molar-refractivity contribution in [2.75, 3.05) is 7.11 Å². The Morgan fingerprint density at radius 1 is 1.32 bits per heavy atom. The quantitative estimate of drug-likeness (QED) is 0.850. The van der Waals surface area contributed by atoms with Gasteiger partial charge in [0.05, 0.1) is 7.11 Å². The Bertz CT molecular complexity index is 569. The average Bonchev–Trinajstić information content (AvgIpc) is 2.46. The van der Waals surface area contributed by atoms with Crippen LogP contribution in [0.2, 0.25) is 0 Å². The van der Waals surface area contributed by atoms with Crippen molar-refractivity contribution in [3.8, 4) is 5.75 Å². The zero-order chi connectivity index (χ0) is 13.7. The molecule has 1 aromatic heterocycles. The highest BCUT2D eigenvalue weighted by Crippen LogP contribution is 2.24. The van der Waals surface area contributed by atoms with E-state index >= 15 is 0 Å². The standard InChI is InChI=1S/C14H13NO3S/c1-18-11-4-2-10(3-5-11)9-19-12-6-7-15-13(8-12)14(16)17/h2-8H,9H2,1H3,(H,16,17). The van der Waals surface area contributed by atoms with E-state index < -0.39 is 5.97 Å². The number of thioether (sulfide) groups is 1. The second-order valence-electron chi connectivity index (χ2n) is 3.82. The van der Waals surface area contributed by atoms with Gasteiger partial charge in [-0.15, -0.1) is 11.8 Å². The molecule has 0 amide bonds. The smallest absolute Gasteiger partial charge is 0.354 e. The Morgan fingerprint density at radius 2 is 2.05 bits per heavy atom. The van der Waals surface area contributed by atoms with Crippen LogP contribution in [0.3, 0.4) is 0 Å². The minimum atomic E-state index is -1.01. The molecule has 0 aliphatic rings. The monoisotopic (exact) mass is 275 g/mol. The maximum atomic E-state index is 10.8. The van der Waals surface area contributed by atoms with E-state index in [2.05, 4.69) is 4.98 Å². The molecule has 1 N–H and O–H groups in total. The molecule has 1 aromatic carbocycles. The maximum Gasteiger partial charge on any atom is 0.354 e. The second kappa shape index (κ2) is 6.24. The number of aromatic carboxylic acids is 1. The van der Waals surface area contributed by atoms with Gasteiger partial charge in [-0.1, -0.05) is 12.1 Å². The highest BCUT2D eigenvalue weighted by Gasteiger charge is 2.05. The van der Waals surface area contributed by atoms with Gasteiger partial charge in [-0.3, -0.25) is 0 Å². The van der Waals surface area contributed by atoms with Crippen molar-refractivity contribution in [1.29, 1.82) is 0 Å². The van der Waals surface area contributed by atoms with Crippen LogP contribution in [0.5, 0.6) is 5.75 Å². The highest BCUT2D eigenvalue weighted by molar-refractivity contribution is 7.98. The van der Waals surface area contributed by atoms with Gasteiger partial charge in [-0.2, -0.15) is 0 Å². The Labute approximate surface area is 115 Å². The first-order valence-electron chi connectivity index (χ1n) is 5.64. The lowest BCUT2D eigenvalue weighted by Crippen LogP contribution is -1.99. The summed E-state index contributed by atoms with van der Waals surface area (Å²) in [4.78, 5) is 15.5. The summed E-state index contributed by atoms with van der Waals surface area (Å²) in [6, 6.07) is 11.2. The molecule has 0 radical (unpaired) electrons. The fraction of sp³-hybridized carbons (Fsp3) is 0.143. The van der Waals surface area contributed by atoms with Gasteiger partial charge in [0.2, 0.25) is 0 Å². The molecule has 0 spiro atoms. The summed E-state index contributed by atoms with van der Waals surface area (Å²) in [7, 11) is 1.63. The summed E-state index contributed by atoms with van der Waals surface area (Å²) in [6.07, 6.45) is 1.51. The fourth-order valence-electron chi connectivity index (χ4n) is 1.51. The molecule has 0 saturated carbocycles. The van der Waals surface area contributed by atoms with Crippen LogP contribution in [0.15, 0.2) is 47.5 Å². The largest absolute Gasteiger partial charge is 0.497 e. The summed E-state index contributed by atoms with van der Waals surface area (Å²) in [5, 5.41) is 8.87. The molecule has 0 bridgehead atoms. The number of carboxylic acid groups (broad SMARTS) is 1. The van der Waals surface area contributed by atoms with Crippen LogP contribution in [-0.4, -0.2) is 23.2 Å². The molecule has 5 heteroatoms. The van der Waals surface area contributed by atoms with E-state index in [9.17, 15) is 4.79 Å². The van der Waals surface area contributed by atoms with Crippen molar-refractivity contribution in [1.82, 2.24) is 4.98 Å². The van der Waals surface area contributed by atoms with Gasteiger partial charge in [0.25, 0.3) is 0 Å². The minimum Gasteiger partial charge on any atom is -0.497 e. The Kier molecular flexibility index (Phi) is 4.41. The van der Waals surface area contributed by atoms with Crippen LogP contribution in [0.25, 0.3) is 0 Å². The number of benzene rings is 1. The number of pyridine rings is 1. The SMILES string of the molecule is COc1ccc(CSc2ccnc(C(=O)O)c2)cc1. The van der Waals surface area contributed by atoms with E-state index in [1.54, 1.807) is 31.0 Å². The predicted octanol–water partition coefficient (Wildman–Crippen LogP) is 3.08. The van der Waals surface area contributed by atoms with Gasteiger partial charge in [-0.25, -0.2) is 9.78 Å². The third kappa shape index (κ3) is 3.72. The third-order valence-corrected chi connectivity index (χ3v) is 3.58. The van der Waals surface area contributed by atoms with Crippen LogP contribution in [-0.2, 0) is 5.75 Å². The summed E-state index contributed by atoms with van der Waals surface area (Å²) < 4.78 is 5.09. The molecular weight excluding hydrogens is 262 g/mol. The highest BCUT2D eigenvalue weighted by atomic mass is 32.2. The summed E-state index contributed by atoms with van der Waals surface area (Å²) >= 11 is 1.57. The molecule has 0 aliphatic heterocycles. The van der Waals surface area contributed by atoms with Gasteiger partial charge < -0.3 is 9.84 Å². The molecule has 0 atom stereocenters. The van der Waals surface area contributed by atoms with Gasteiger partial charge in [0.1, 0.15) is 11.4 Å². The van der Waals surface area contributed by atoms with Crippen LogP contribution < -0.4 is 4.74 Å². The Balaban J connectivity index is 2.01. The van der Waals surface area contributed by atoms with E-state index in [1.807, 2.05) is 24.3 Å². The van der Waals surface area contributed by atoms with E-state index in [1.165, 1.54) is 6.20 Å². The molecule has 2 aromatic rings. The normalized spacial score (nSPS) is 10.2. The lowest BCUT2D eigenvalue weighted by molar-refractivity contribution is 0.0690. The lowest BCUT2D eigenvalue weighted by atomic mass is 10.2.